The average Bonchev–Trinajstić information content (AvgIpc) is 2.75. The van der Waals surface area contributed by atoms with Crippen LogP contribution >= 0.6 is 0 Å². The Morgan fingerprint density at radius 2 is 1.76 bits per heavy atom. The predicted octanol–water partition coefficient (Wildman–Crippen LogP) is 1.24. The first-order valence-electron chi connectivity index (χ1n) is 11.1. The molecule has 1 aromatic carbocycles. The molecule has 4 N–H and O–H groups in total. The van der Waals surface area contributed by atoms with Crippen molar-refractivity contribution in [2.75, 3.05) is 26.3 Å². The maximum Gasteiger partial charge on any atom is 0.408 e. The van der Waals surface area contributed by atoms with Crippen molar-refractivity contribution < 1.29 is 38.9 Å². The number of aliphatic hydroxyl groups excluding tert-OH is 1. The van der Waals surface area contributed by atoms with Gasteiger partial charge in [-0.1, -0.05) is 18.2 Å². The Labute approximate surface area is 199 Å². The molecule has 0 radical (unpaired) electrons. The Morgan fingerprint density at radius 1 is 1.12 bits per heavy atom. The zero-order valence-electron chi connectivity index (χ0n) is 20.3. The molecule has 34 heavy (non-hydrogen) atoms. The number of alkyl carbamates (subject to hydrolysis) is 1. The van der Waals surface area contributed by atoms with Crippen LogP contribution in [0.2, 0.25) is 0 Å². The van der Waals surface area contributed by atoms with Crippen LogP contribution in [0.4, 0.5) is 4.79 Å². The minimum atomic E-state index is -1.39. The third-order valence-electron chi connectivity index (χ3n) is 4.52. The highest BCUT2D eigenvalue weighted by Gasteiger charge is 2.36. The zero-order valence-corrected chi connectivity index (χ0v) is 20.3. The standard InChI is InChI=1S/C23H35N3O8/c1-6-26(21(31)16(14-27)25-22(32)34-23(3,4)5)19(15-10-8-9-11-17(15)28)20(30)24-13-12-18(29)33-7-2/h8-11,16,19,27-28H,6-7,12-14H2,1-5H3,(H,24,30)(H,25,32). The van der Waals surface area contributed by atoms with Crippen LogP contribution in [0.5, 0.6) is 5.75 Å². The summed E-state index contributed by atoms with van der Waals surface area (Å²) in [5.41, 5.74) is -0.685. The molecule has 0 spiro atoms. The lowest BCUT2D eigenvalue weighted by Gasteiger charge is -2.33. The number of benzene rings is 1. The van der Waals surface area contributed by atoms with Crippen LogP contribution in [0.1, 0.15) is 52.6 Å². The molecule has 0 aromatic heterocycles. The van der Waals surface area contributed by atoms with Gasteiger partial charge in [0.1, 0.15) is 23.4 Å². The second-order valence-electron chi connectivity index (χ2n) is 8.31. The molecule has 1 rings (SSSR count). The van der Waals surface area contributed by atoms with Gasteiger partial charge in [0.2, 0.25) is 11.8 Å². The summed E-state index contributed by atoms with van der Waals surface area (Å²) >= 11 is 0. The van der Waals surface area contributed by atoms with Crippen molar-refractivity contribution >= 4 is 23.9 Å². The quantitative estimate of drug-likeness (QED) is 0.344. The lowest BCUT2D eigenvalue weighted by Crippen LogP contribution is -2.54. The number of nitrogens with zero attached hydrogens (tertiary/aromatic N) is 1. The highest BCUT2D eigenvalue weighted by atomic mass is 16.6. The normalized spacial score (nSPS) is 12.8. The van der Waals surface area contributed by atoms with Crippen LogP contribution in [-0.4, -0.2) is 76.9 Å². The smallest absolute Gasteiger partial charge is 0.408 e. The second-order valence-corrected chi connectivity index (χ2v) is 8.31. The molecule has 3 amide bonds. The molecule has 11 nitrogen and oxygen atoms in total. The first kappa shape index (κ1) is 28.7. The molecule has 2 unspecified atom stereocenters. The second kappa shape index (κ2) is 13.4. The topological polar surface area (TPSA) is 154 Å². The summed E-state index contributed by atoms with van der Waals surface area (Å²) in [7, 11) is 0. The molecule has 2 atom stereocenters. The SMILES string of the molecule is CCOC(=O)CCNC(=O)C(c1ccccc1O)N(CC)C(=O)C(CO)NC(=O)OC(C)(C)C. The van der Waals surface area contributed by atoms with Gasteiger partial charge in [0.05, 0.1) is 19.6 Å². The number of aromatic hydroxyl groups is 1. The lowest BCUT2D eigenvalue weighted by atomic mass is 10.0. The zero-order chi connectivity index (χ0) is 25.9. The van der Waals surface area contributed by atoms with Gasteiger partial charge >= 0.3 is 12.1 Å². The van der Waals surface area contributed by atoms with Gasteiger partial charge in [-0.15, -0.1) is 0 Å². The Hall–Kier alpha value is -3.34. The van der Waals surface area contributed by atoms with Crippen molar-refractivity contribution in [1.29, 1.82) is 0 Å². The molecular formula is C23H35N3O8. The number of likely N-dealkylation sites (N-methyl/N-ethyl adjacent to an activating group) is 1. The van der Waals surface area contributed by atoms with Gasteiger partial charge < -0.3 is 35.2 Å². The molecule has 0 saturated carbocycles. The number of carbonyl (C=O) groups is 4. The molecule has 0 aliphatic heterocycles. The van der Waals surface area contributed by atoms with E-state index in [1.807, 2.05) is 0 Å². The van der Waals surface area contributed by atoms with E-state index in [2.05, 4.69) is 10.6 Å². The van der Waals surface area contributed by atoms with Gasteiger partial charge in [-0.3, -0.25) is 14.4 Å². The number of rotatable bonds is 11. The number of phenols is 1. The van der Waals surface area contributed by atoms with Crippen molar-refractivity contribution in [3.8, 4) is 5.75 Å². The fourth-order valence-electron chi connectivity index (χ4n) is 3.09. The van der Waals surface area contributed by atoms with Crippen molar-refractivity contribution in [2.24, 2.45) is 0 Å². The fraction of sp³-hybridized carbons (Fsp3) is 0.565. The van der Waals surface area contributed by atoms with E-state index >= 15 is 0 Å². The Kier molecular flexibility index (Phi) is 11.3. The number of hydrogen-bond acceptors (Lipinski definition) is 8. The van der Waals surface area contributed by atoms with E-state index in [9.17, 15) is 29.4 Å². The summed E-state index contributed by atoms with van der Waals surface area (Å²) in [5, 5.41) is 25.0. The molecule has 1 aromatic rings. The van der Waals surface area contributed by atoms with Crippen molar-refractivity contribution in [3.63, 3.8) is 0 Å². The molecule has 0 bridgehead atoms. The van der Waals surface area contributed by atoms with Crippen LogP contribution in [0.15, 0.2) is 24.3 Å². The third kappa shape index (κ3) is 8.89. The summed E-state index contributed by atoms with van der Waals surface area (Å²) in [4.78, 5) is 51.2. The number of phenolic OH excluding ortho intramolecular Hbond substituents is 1. The number of amides is 3. The predicted molar refractivity (Wildman–Crippen MR) is 123 cm³/mol. The molecule has 11 heteroatoms. The highest BCUT2D eigenvalue weighted by Crippen LogP contribution is 2.29. The molecule has 0 fully saturated rings. The molecule has 190 valence electrons. The highest BCUT2D eigenvalue weighted by molar-refractivity contribution is 5.92. The maximum atomic E-state index is 13.3. The fourth-order valence-corrected chi connectivity index (χ4v) is 3.09. The number of para-hydroxylation sites is 1. The molecule has 0 aliphatic rings. The van der Waals surface area contributed by atoms with Gasteiger partial charge in [0, 0.05) is 18.7 Å². The van der Waals surface area contributed by atoms with E-state index in [4.69, 9.17) is 9.47 Å². The first-order valence-corrected chi connectivity index (χ1v) is 11.1. The average molecular weight is 482 g/mol. The molecular weight excluding hydrogens is 446 g/mol. The van der Waals surface area contributed by atoms with Gasteiger partial charge in [0.25, 0.3) is 0 Å². The summed E-state index contributed by atoms with van der Waals surface area (Å²) in [6.45, 7) is 7.64. The van der Waals surface area contributed by atoms with Crippen LogP contribution < -0.4 is 10.6 Å². The van der Waals surface area contributed by atoms with Crippen LogP contribution in [-0.2, 0) is 23.9 Å². The van der Waals surface area contributed by atoms with Crippen LogP contribution in [0, 0.1) is 0 Å². The number of esters is 1. The Morgan fingerprint density at radius 3 is 2.29 bits per heavy atom. The van der Waals surface area contributed by atoms with Crippen molar-refractivity contribution in [3.05, 3.63) is 29.8 Å². The summed E-state index contributed by atoms with van der Waals surface area (Å²) in [6, 6.07) is 3.32. The summed E-state index contributed by atoms with van der Waals surface area (Å²) < 4.78 is 9.98. The van der Waals surface area contributed by atoms with Gasteiger partial charge in [-0.25, -0.2) is 4.79 Å². The lowest BCUT2D eigenvalue weighted by molar-refractivity contribution is -0.144. The maximum absolute atomic E-state index is 13.3. The monoisotopic (exact) mass is 481 g/mol. The minimum Gasteiger partial charge on any atom is -0.508 e. The van der Waals surface area contributed by atoms with Crippen LogP contribution in [0.25, 0.3) is 0 Å². The van der Waals surface area contributed by atoms with E-state index in [-0.39, 0.29) is 37.4 Å². The number of ether oxygens (including phenoxy) is 2. The minimum absolute atomic E-state index is 0.00955. The van der Waals surface area contributed by atoms with Crippen molar-refractivity contribution in [2.45, 2.75) is 58.7 Å². The summed E-state index contributed by atoms with van der Waals surface area (Å²) in [5.74, 6) is -2.13. The number of nitrogens with one attached hydrogen (secondary N) is 2. The molecule has 0 aliphatic carbocycles. The summed E-state index contributed by atoms with van der Waals surface area (Å²) in [6.07, 6.45) is -0.985. The van der Waals surface area contributed by atoms with Gasteiger partial charge in [0.15, 0.2) is 0 Å². The largest absolute Gasteiger partial charge is 0.508 e. The number of aliphatic hydroxyl groups is 1. The van der Waals surface area contributed by atoms with Crippen LogP contribution in [0.3, 0.4) is 0 Å². The molecule has 0 heterocycles. The van der Waals surface area contributed by atoms with Gasteiger partial charge in [-0.05, 0) is 40.7 Å². The Balaban J connectivity index is 3.17. The van der Waals surface area contributed by atoms with E-state index in [1.54, 1.807) is 46.8 Å². The third-order valence-corrected chi connectivity index (χ3v) is 4.52. The van der Waals surface area contributed by atoms with Gasteiger partial charge in [-0.2, -0.15) is 0 Å². The van der Waals surface area contributed by atoms with Crippen molar-refractivity contribution in [1.82, 2.24) is 15.5 Å². The van der Waals surface area contributed by atoms with E-state index in [1.165, 1.54) is 12.1 Å². The molecule has 0 saturated heterocycles. The van der Waals surface area contributed by atoms with E-state index in [0.29, 0.717) is 0 Å². The van der Waals surface area contributed by atoms with E-state index in [0.717, 1.165) is 4.90 Å². The number of carbonyl (C=O) groups excluding carboxylic acids is 4. The van der Waals surface area contributed by atoms with E-state index < -0.39 is 48.2 Å². The first-order chi connectivity index (χ1) is 15.9. The number of hydrogen-bond donors (Lipinski definition) is 4. The Bertz CT molecular complexity index is 853.